The number of ketones is 2. The van der Waals surface area contributed by atoms with Crippen LogP contribution in [0.3, 0.4) is 0 Å². The quantitative estimate of drug-likeness (QED) is 0.198. The van der Waals surface area contributed by atoms with Crippen LogP contribution in [0.5, 0.6) is 0 Å². The second-order valence-electron chi connectivity index (χ2n) is 12.6. The molecule has 0 bridgehead atoms. The van der Waals surface area contributed by atoms with Crippen molar-refractivity contribution in [3.05, 3.63) is 89.3 Å². The molecule has 0 spiro atoms. The number of carbonyl (C=O) groups is 2. The van der Waals surface area contributed by atoms with Crippen LogP contribution in [0.1, 0.15) is 37.8 Å². The maximum Gasteiger partial charge on any atom is 0.419 e. The molecule has 15 heteroatoms. The van der Waals surface area contributed by atoms with Gasteiger partial charge in [0, 0.05) is 52.1 Å². The van der Waals surface area contributed by atoms with Gasteiger partial charge in [0.05, 0.1) is 48.2 Å². The molecule has 2 aliphatic heterocycles. The highest BCUT2D eigenvalue weighted by Gasteiger charge is 2.13. The molecule has 2 fully saturated rings. The molecule has 51 heavy (non-hydrogen) atoms. The second kappa shape index (κ2) is 19.7. The molecule has 0 aliphatic carbocycles. The number of Topliss-reactive ketones (excluding diaryl/α,β-unsaturated/α-hetero) is 2. The Balaban J connectivity index is 0.000000191. The number of aromatic amines is 2. The van der Waals surface area contributed by atoms with E-state index in [2.05, 4.69) is 24.2 Å². The Morgan fingerprint density at radius 3 is 1.75 bits per heavy atom. The predicted molar refractivity (Wildman–Crippen MR) is 194 cm³/mol. The summed E-state index contributed by atoms with van der Waals surface area (Å²) in [7, 11) is 0. The third kappa shape index (κ3) is 12.3. The van der Waals surface area contributed by atoms with Crippen molar-refractivity contribution in [2.24, 2.45) is 5.73 Å². The summed E-state index contributed by atoms with van der Waals surface area (Å²) in [6.07, 6.45) is 2.38. The van der Waals surface area contributed by atoms with Gasteiger partial charge in [0.2, 0.25) is 0 Å². The summed E-state index contributed by atoms with van der Waals surface area (Å²) in [6, 6.07) is 9.99. The Morgan fingerprint density at radius 2 is 1.22 bits per heavy atom. The molecule has 0 amide bonds. The van der Waals surface area contributed by atoms with Gasteiger partial charge in [-0.25, -0.2) is 14.4 Å². The highest BCUT2D eigenvalue weighted by atomic mass is 16.5. The molecule has 276 valence electrons. The zero-order valence-corrected chi connectivity index (χ0v) is 29.4. The number of hydrogen-bond acceptors (Lipinski definition) is 12. The average molecular weight is 709 g/mol. The van der Waals surface area contributed by atoms with Gasteiger partial charge in [0.1, 0.15) is 11.6 Å². The number of morpholine rings is 2. The van der Waals surface area contributed by atoms with Crippen LogP contribution in [-0.4, -0.2) is 108 Å². The van der Waals surface area contributed by atoms with Crippen LogP contribution in [0.15, 0.2) is 60.0 Å². The first kappa shape index (κ1) is 39.2. The number of hydrogen-bond donors (Lipinski definition) is 3. The van der Waals surface area contributed by atoms with E-state index in [9.17, 15) is 28.8 Å². The molecule has 2 aromatic carbocycles. The van der Waals surface area contributed by atoms with Crippen molar-refractivity contribution in [3.8, 4) is 0 Å². The first-order valence-corrected chi connectivity index (χ1v) is 17.2. The van der Waals surface area contributed by atoms with Crippen molar-refractivity contribution in [2.45, 2.75) is 46.1 Å². The topological polar surface area (TPSA) is 203 Å². The zero-order chi connectivity index (χ0) is 36.8. The minimum Gasteiger partial charge on any atom is -0.379 e. The molecule has 0 atom stereocenters. The van der Waals surface area contributed by atoms with Crippen LogP contribution in [0, 0.1) is 0 Å². The average Bonchev–Trinajstić information content (AvgIpc) is 3.10. The van der Waals surface area contributed by atoms with Crippen molar-refractivity contribution in [3.63, 3.8) is 0 Å². The van der Waals surface area contributed by atoms with E-state index < -0.39 is 17.1 Å². The Hall–Kier alpha value is -4.54. The monoisotopic (exact) mass is 708 g/mol. The van der Waals surface area contributed by atoms with Gasteiger partial charge in [-0.1, -0.05) is 12.1 Å². The molecule has 0 saturated carbocycles. The number of benzene rings is 2. The Morgan fingerprint density at radius 1 is 0.706 bits per heavy atom. The van der Waals surface area contributed by atoms with Crippen molar-refractivity contribution in [1.82, 2.24) is 24.3 Å². The van der Waals surface area contributed by atoms with Crippen LogP contribution in [0.2, 0.25) is 0 Å². The number of nitrogens with one attached hydrogen (secondary N) is 2. The van der Waals surface area contributed by atoms with Crippen molar-refractivity contribution >= 4 is 33.4 Å². The van der Waals surface area contributed by atoms with Gasteiger partial charge in [-0.3, -0.25) is 33.7 Å². The first-order chi connectivity index (χ1) is 24.5. The fraction of sp³-hybridized carbons (Fsp3) is 0.500. The molecular weight excluding hydrogens is 660 g/mol. The smallest absolute Gasteiger partial charge is 0.379 e. The summed E-state index contributed by atoms with van der Waals surface area (Å²) in [5, 5.41) is 0.725. The molecule has 0 unspecified atom stereocenters. The van der Waals surface area contributed by atoms with Gasteiger partial charge in [-0.2, -0.15) is 0 Å². The van der Waals surface area contributed by atoms with Crippen LogP contribution in [0.25, 0.3) is 21.8 Å². The Bertz CT molecular complexity index is 2000. The van der Waals surface area contributed by atoms with Crippen LogP contribution in [-0.2, 0) is 38.4 Å². The Kier molecular flexibility index (Phi) is 15.2. The van der Waals surface area contributed by atoms with Gasteiger partial charge < -0.3 is 24.6 Å². The molecule has 6 rings (SSSR count). The highest BCUT2D eigenvalue weighted by Crippen LogP contribution is 2.11. The normalized spacial score (nSPS) is 15.1. The molecule has 0 radical (unpaired) electrons. The lowest BCUT2D eigenvalue weighted by Crippen LogP contribution is -2.39. The third-order valence-electron chi connectivity index (χ3n) is 8.42. The first-order valence-electron chi connectivity index (χ1n) is 17.2. The molecule has 4 aromatic rings. The predicted octanol–water partition coefficient (Wildman–Crippen LogP) is 0.824. The number of aromatic nitrogens is 3. The van der Waals surface area contributed by atoms with Gasteiger partial charge in [0.25, 0.3) is 5.56 Å². The number of rotatable bonds is 11. The summed E-state index contributed by atoms with van der Waals surface area (Å²) in [5.74, 6) is -0.736. The standard InChI is InChI=1S/C18H23N3O4.C11H9NO4.C7H16N2O/c1-13(22)11-14-3-4-16-15(12-14)17(23)21(18(24)19-16)6-2-5-20-7-9-25-10-8-20;1-6(13)4-7-2-3-9-8(5-7)10(14)16-11(15)12-9;8-2-1-3-9-4-6-10-7-5-9/h3-4,12H,2,5-11H2,1H3,(H,19,24);2-3,5H,4H2,1H3,(H,12,15);1-8H2. The van der Waals surface area contributed by atoms with E-state index in [1.807, 2.05) is 0 Å². The maximum atomic E-state index is 12.7. The van der Waals surface area contributed by atoms with E-state index >= 15 is 0 Å². The molecule has 2 aromatic heterocycles. The number of H-pyrrole nitrogens is 2. The van der Waals surface area contributed by atoms with E-state index in [0.717, 1.165) is 96.2 Å². The number of carbonyl (C=O) groups excluding carboxylic acids is 2. The molecule has 2 aliphatic rings. The number of fused-ring (bicyclic) bond motifs is 2. The van der Waals surface area contributed by atoms with Crippen LogP contribution in [0.4, 0.5) is 0 Å². The molecule has 4 heterocycles. The van der Waals surface area contributed by atoms with Gasteiger partial charge in [-0.15, -0.1) is 0 Å². The summed E-state index contributed by atoms with van der Waals surface area (Å²) in [6.45, 7) is 13.3. The highest BCUT2D eigenvalue weighted by molar-refractivity contribution is 5.83. The molecule has 2 saturated heterocycles. The van der Waals surface area contributed by atoms with Crippen molar-refractivity contribution in [2.75, 3.05) is 72.2 Å². The fourth-order valence-corrected chi connectivity index (χ4v) is 5.86. The summed E-state index contributed by atoms with van der Waals surface area (Å²) in [5.41, 5.74) is 6.43. The van der Waals surface area contributed by atoms with E-state index in [-0.39, 0.29) is 35.4 Å². The lowest BCUT2D eigenvalue weighted by molar-refractivity contribution is -0.117. The second-order valence-corrected chi connectivity index (χ2v) is 12.6. The SMILES string of the molecule is CC(=O)Cc1ccc2[nH]c(=O)n(CCCN3CCOCC3)c(=O)c2c1.CC(=O)Cc1ccc2[nH]c(=O)oc(=O)c2c1.NCCCN1CCOCC1. The fourth-order valence-electron chi connectivity index (χ4n) is 5.86. The van der Waals surface area contributed by atoms with Crippen LogP contribution >= 0.6 is 0 Å². The number of nitrogens with zero attached hydrogens (tertiary/aromatic N) is 3. The van der Waals surface area contributed by atoms with Crippen molar-refractivity contribution in [1.29, 1.82) is 0 Å². The summed E-state index contributed by atoms with van der Waals surface area (Å²) >= 11 is 0. The number of ether oxygens (including phenoxy) is 2. The molecule has 15 nitrogen and oxygen atoms in total. The molecule has 4 N–H and O–H groups in total. The minimum atomic E-state index is -0.781. The lowest BCUT2D eigenvalue weighted by Gasteiger charge is -2.26. The zero-order valence-electron chi connectivity index (χ0n) is 29.4. The summed E-state index contributed by atoms with van der Waals surface area (Å²) in [4.78, 5) is 79.2. The van der Waals surface area contributed by atoms with E-state index in [4.69, 9.17) is 15.2 Å². The number of nitrogens with two attached hydrogens (primary N) is 1. The van der Waals surface area contributed by atoms with Gasteiger partial charge >= 0.3 is 17.1 Å². The third-order valence-corrected chi connectivity index (χ3v) is 8.42. The van der Waals surface area contributed by atoms with E-state index in [1.54, 1.807) is 36.4 Å². The van der Waals surface area contributed by atoms with Gasteiger partial charge in [-0.05, 0) is 75.2 Å². The van der Waals surface area contributed by atoms with Crippen molar-refractivity contribution < 1.29 is 23.5 Å². The molecular formula is C36H48N6O9. The van der Waals surface area contributed by atoms with E-state index in [0.29, 0.717) is 23.0 Å². The maximum absolute atomic E-state index is 12.7. The largest absolute Gasteiger partial charge is 0.419 e. The van der Waals surface area contributed by atoms with E-state index in [1.165, 1.54) is 18.4 Å². The summed E-state index contributed by atoms with van der Waals surface area (Å²) < 4.78 is 16.2. The lowest BCUT2D eigenvalue weighted by atomic mass is 10.1. The minimum absolute atomic E-state index is 0.00756. The van der Waals surface area contributed by atoms with Crippen LogP contribution < -0.4 is 28.4 Å². The van der Waals surface area contributed by atoms with Gasteiger partial charge in [0.15, 0.2) is 0 Å². The Labute approximate surface area is 294 Å².